The molecule has 0 spiro atoms. The van der Waals surface area contributed by atoms with Crippen molar-refractivity contribution < 1.29 is 9.13 Å². The molecule has 1 unspecified atom stereocenters. The second kappa shape index (κ2) is 7.53. The van der Waals surface area contributed by atoms with Gasteiger partial charge in [0.2, 0.25) is 5.95 Å². The van der Waals surface area contributed by atoms with Gasteiger partial charge in [-0.3, -0.25) is 9.55 Å². The highest BCUT2D eigenvalue weighted by atomic mass is 35.5. The number of hydrogen-bond acceptors (Lipinski definition) is 6. The van der Waals surface area contributed by atoms with Gasteiger partial charge in [0.15, 0.2) is 0 Å². The molecule has 29 heavy (non-hydrogen) atoms. The van der Waals surface area contributed by atoms with Crippen LogP contribution in [0, 0.1) is 0 Å². The predicted molar refractivity (Wildman–Crippen MR) is 109 cm³/mol. The Bertz CT molecular complexity index is 1100. The maximum absolute atomic E-state index is 13.7. The molecule has 3 aromatic heterocycles. The van der Waals surface area contributed by atoms with Gasteiger partial charge in [-0.05, 0) is 12.1 Å². The van der Waals surface area contributed by atoms with Gasteiger partial charge in [0.05, 0.1) is 46.7 Å². The molecule has 0 amide bonds. The summed E-state index contributed by atoms with van der Waals surface area (Å²) < 4.78 is 21.0. The summed E-state index contributed by atoms with van der Waals surface area (Å²) in [6, 6.07) is 1.83. The molecule has 148 valence electrons. The van der Waals surface area contributed by atoms with E-state index in [0.29, 0.717) is 35.7 Å². The Labute approximate surface area is 171 Å². The number of halogens is 2. The lowest BCUT2D eigenvalue weighted by Crippen LogP contribution is -2.37. The number of aromatic nitrogens is 5. The van der Waals surface area contributed by atoms with Crippen LogP contribution in [0.2, 0.25) is 0 Å². The van der Waals surface area contributed by atoms with E-state index in [1.807, 2.05) is 10.6 Å². The number of allylic oxidation sites excluding steroid dienone is 4. The highest BCUT2D eigenvalue weighted by Crippen LogP contribution is 2.35. The molecule has 0 saturated carbocycles. The first-order valence-corrected chi connectivity index (χ1v) is 9.78. The Hall–Kier alpha value is -2.84. The molecule has 5 rings (SSSR count). The molecule has 0 N–H and O–H groups in total. The van der Waals surface area contributed by atoms with Crippen molar-refractivity contribution in [2.24, 2.45) is 0 Å². The molecule has 0 aromatic carbocycles. The van der Waals surface area contributed by atoms with Crippen LogP contribution in [-0.4, -0.2) is 57.0 Å². The number of pyridine rings is 1. The van der Waals surface area contributed by atoms with E-state index in [1.165, 1.54) is 6.08 Å². The van der Waals surface area contributed by atoms with Crippen LogP contribution in [0.5, 0.6) is 0 Å². The summed E-state index contributed by atoms with van der Waals surface area (Å²) in [7, 11) is 0. The van der Waals surface area contributed by atoms with Crippen LogP contribution in [0.3, 0.4) is 0 Å². The number of hydrogen-bond donors (Lipinski definition) is 0. The van der Waals surface area contributed by atoms with Crippen molar-refractivity contribution in [2.45, 2.75) is 12.6 Å². The number of ether oxygens (including phenoxy) is 1. The third-order valence-corrected chi connectivity index (χ3v) is 5.32. The molecule has 2 aliphatic rings. The Morgan fingerprint density at radius 3 is 2.69 bits per heavy atom. The molecule has 7 nitrogen and oxygen atoms in total. The Balaban J connectivity index is 1.59. The molecule has 1 aliphatic carbocycles. The molecule has 9 heteroatoms. The molecule has 1 aliphatic heterocycles. The number of anilines is 1. The van der Waals surface area contributed by atoms with Crippen molar-refractivity contribution >= 4 is 34.3 Å². The van der Waals surface area contributed by atoms with Crippen molar-refractivity contribution in [3.63, 3.8) is 0 Å². The Kier molecular flexibility index (Phi) is 4.73. The zero-order valence-corrected chi connectivity index (χ0v) is 16.3. The second-order valence-electron chi connectivity index (χ2n) is 6.86. The zero-order valence-electron chi connectivity index (χ0n) is 15.5. The maximum atomic E-state index is 13.7. The van der Waals surface area contributed by atoms with Crippen molar-refractivity contribution in [1.82, 2.24) is 24.5 Å². The number of morpholine rings is 1. The molecule has 1 atom stereocenters. The van der Waals surface area contributed by atoms with E-state index in [9.17, 15) is 4.39 Å². The maximum Gasteiger partial charge on any atom is 0.225 e. The van der Waals surface area contributed by atoms with E-state index in [-0.39, 0.29) is 6.42 Å². The highest BCUT2D eigenvalue weighted by Gasteiger charge is 2.22. The first-order valence-electron chi connectivity index (χ1n) is 9.40. The lowest BCUT2D eigenvalue weighted by Gasteiger charge is -2.26. The molecule has 0 radical (unpaired) electrons. The monoisotopic (exact) mass is 412 g/mol. The minimum atomic E-state index is -1.08. The van der Waals surface area contributed by atoms with Gasteiger partial charge in [-0.15, -0.1) is 0 Å². The van der Waals surface area contributed by atoms with Crippen LogP contribution in [0.25, 0.3) is 28.1 Å². The van der Waals surface area contributed by atoms with Gasteiger partial charge in [0, 0.05) is 38.1 Å². The minimum Gasteiger partial charge on any atom is -0.378 e. The van der Waals surface area contributed by atoms with Crippen LogP contribution in [0.1, 0.15) is 6.42 Å². The van der Waals surface area contributed by atoms with Gasteiger partial charge in [-0.1, -0.05) is 17.7 Å². The number of rotatable bonds is 3. The molecule has 3 aromatic rings. The first kappa shape index (κ1) is 18.2. The van der Waals surface area contributed by atoms with Crippen LogP contribution < -0.4 is 4.90 Å². The summed E-state index contributed by atoms with van der Waals surface area (Å²) in [5, 5.41) is 0.346. The number of nitrogens with zero attached hydrogens (tertiary/aromatic N) is 6. The number of imidazole rings is 1. The van der Waals surface area contributed by atoms with E-state index in [2.05, 4.69) is 19.9 Å². The third-order valence-electron chi connectivity index (χ3n) is 5.00. The van der Waals surface area contributed by atoms with E-state index >= 15 is 0 Å². The van der Waals surface area contributed by atoms with Gasteiger partial charge in [-0.2, -0.15) is 0 Å². The lowest BCUT2D eigenvalue weighted by atomic mass is 10.1. The summed E-state index contributed by atoms with van der Waals surface area (Å²) in [6.45, 7) is 2.87. The summed E-state index contributed by atoms with van der Waals surface area (Å²) in [6.07, 6.45) is 9.29. The fourth-order valence-electron chi connectivity index (χ4n) is 3.56. The lowest BCUT2D eigenvalue weighted by molar-refractivity contribution is 0.122. The summed E-state index contributed by atoms with van der Waals surface area (Å²) in [4.78, 5) is 20.1. The van der Waals surface area contributed by atoms with Gasteiger partial charge in [0.1, 0.15) is 12.0 Å². The van der Waals surface area contributed by atoms with Gasteiger partial charge in [0.25, 0.3) is 0 Å². The van der Waals surface area contributed by atoms with Gasteiger partial charge >= 0.3 is 0 Å². The van der Waals surface area contributed by atoms with Crippen molar-refractivity contribution in [3.8, 4) is 11.4 Å². The summed E-state index contributed by atoms with van der Waals surface area (Å²) in [5.74, 6) is 1.30. The van der Waals surface area contributed by atoms with E-state index < -0.39 is 6.17 Å². The SMILES string of the molecule is FC1C=C(Cl)C(n2c(-c3cnc(N4CCOCC4)nc3)nc3ccncc32)=CC1. The summed E-state index contributed by atoms with van der Waals surface area (Å²) >= 11 is 6.39. The molecule has 1 saturated heterocycles. The van der Waals surface area contributed by atoms with Crippen LogP contribution in [0.15, 0.2) is 48.0 Å². The second-order valence-corrected chi connectivity index (χ2v) is 7.27. The normalized spacial score (nSPS) is 19.9. The van der Waals surface area contributed by atoms with E-state index in [1.54, 1.807) is 30.9 Å². The quantitative estimate of drug-likeness (QED) is 0.656. The van der Waals surface area contributed by atoms with E-state index in [4.69, 9.17) is 21.3 Å². The third kappa shape index (κ3) is 3.38. The molecular formula is C20H18ClFN6O. The van der Waals surface area contributed by atoms with Crippen LogP contribution in [0.4, 0.5) is 10.3 Å². The smallest absolute Gasteiger partial charge is 0.225 e. The number of fused-ring (bicyclic) bond motifs is 1. The average molecular weight is 413 g/mol. The first-order chi connectivity index (χ1) is 14.2. The largest absolute Gasteiger partial charge is 0.378 e. The van der Waals surface area contributed by atoms with Crippen LogP contribution in [-0.2, 0) is 4.74 Å². The molecular weight excluding hydrogens is 395 g/mol. The molecule has 0 bridgehead atoms. The highest BCUT2D eigenvalue weighted by molar-refractivity contribution is 6.36. The fraction of sp³-hybridized carbons (Fsp3) is 0.300. The summed E-state index contributed by atoms with van der Waals surface area (Å²) in [5.41, 5.74) is 2.98. The predicted octanol–water partition coefficient (Wildman–Crippen LogP) is 3.43. The standard InChI is InChI=1S/C20H18ClFN6O/c21-15-9-14(22)1-2-17(15)28-18-12-23-4-3-16(18)26-19(28)13-10-24-20(25-11-13)27-5-7-29-8-6-27/h2-4,9-12,14H,1,5-8H2. The topological polar surface area (TPSA) is 69.0 Å². The van der Waals surface area contributed by atoms with Crippen molar-refractivity contribution in [1.29, 1.82) is 0 Å². The fourth-order valence-corrected chi connectivity index (χ4v) is 3.86. The zero-order chi connectivity index (χ0) is 19.8. The van der Waals surface area contributed by atoms with Gasteiger partial charge < -0.3 is 9.64 Å². The number of alkyl halides is 1. The van der Waals surface area contributed by atoms with Crippen LogP contribution >= 0.6 is 11.6 Å². The van der Waals surface area contributed by atoms with Crippen molar-refractivity contribution in [2.75, 3.05) is 31.2 Å². The van der Waals surface area contributed by atoms with Crippen molar-refractivity contribution in [3.05, 3.63) is 48.0 Å². The molecule has 4 heterocycles. The van der Waals surface area contributed by atoms with Gasteiger partial charge in [-0.25, -0.2) is 19.3 Å². The Morgan fingerprint density at radius 1 is 1.14 bits per heavy atom. The average Bonchev–Trinajstić information content (AvgIpc) is 3.14. The molecule has 1 fully saturated rings. The Morgan fingerprint density at radius 2 is 1.93 bits per heavy atom. The van der Waals surface area contributed by atoms with E-state index in [0.717, 1.165) is 29.7 Å². The minimum absolute atomic E-state index is 0.261.